The van der Waals surface area contributed by atoms with E-state index in [9.17, 15) is 40.3 Å². The summed E-state index contributed by atoms with van der Waals surface area (Å²) in [5.41, 5.74) is 8.15. The largest absolute Gasteiger partial charge is 0.390 e. The molecule has 5 N–H and O–H groups in total. The second kappa shape index (κ2) is 19.4. The Hall–Kier alpha value is -6.77. The molecule has 68 heavy (non-hydrogen) atoms. The Bertz CT molecular complexity index is 3020. The van der Waals surface area contributed by atoms with Gasteiger partial charge in [-0.25, -0.2) is 23.4 Å². The molecule has 2 aliphatic carbocycles. The van der Waals surface area contributed by atoms with Crippen LogP contribution in [0.25, 0.3) is 33.8 Å². The third kappa shape index (κ3) is 11.8. The summed E-state index contributed by atoms with van der Waals surface area (Å²) in [6.07, 6.45) is -3.30. The van der Waals surface area contributed by atoms with Gasteiger partial charge in [0, 0.05) is 59.2 Å². The van der Waals surface area contributed by atoms with E-state index >= 15 is 0 Å². The molecule has 7 aromatic rings. The summed E-state index contributed by atoms with van der Waals surface area (Å²) in [6, 6.07) is 19.0. The molecule has 0 aliphatic heterocycles. The monoisotopic (exact) mass is 1010 g/mol. The van der Waals surface area contributed by atoms with E-state index in [4.69, 9.17) is 0 Å². The lowest BCUT2D eigenvalue weighted by atomic mass is 10.0. The van der Waals surface area contributed by atoms with Gasteiger partial charge in [-0.1, -0.05) is 12.1 Å². The van der Waals surface area contributed by atoms with Crippen molar-refractivity contribution >= 4 is 61.9 Å². The molecule has 4 aromatic heterocycles. The van der Waals surface area contributed by atoms with Crippen LogP contribution in [-0.4, -0.2) is 78.5 Å². The zero-order valence-corrected chi connectivity index (χ0v) is 38.4. The first-order chi connectivity index (χ1) is 32.3. The van der Waals surface area contributed by atoms with Crippen LogP contribution in [-0.2, 0) is 0 Å². The molecular weight excluding hydrogens is 963 g/mol. The number of anilines is 4. The van der Waals surface area contributed by atoms with Crippen LogP contribution in [0.15, 0.2) is 83.7 Å². The number of benzene rings is 3. The summed E-state index contributed by atoms with van der Waals surface area (Å²) in [7, 11) is 0. The van der Waals surface area contributed by atoms with Gasteiger partial charge in [-0.05, 0) is 128 Å². The average Bonchev–Trinajstić information content (AvgIpc) is 4.18. The number of rotatable bonds is 14. The molecule has 356 valence electrons. The Kier molecular flexibility index (Phi) is 13.6. The summed E-state index contributed by atoms with van der Waals surface area (Å²) in [5.74, 6) is -0.230. The highest BCUT2D eigenvalue weighted by molar-refractivity contribution is 9.10. The fourth-order valence-corrected chi connectivity index (χ4v) is 7.69. The van der Waals surface area contributed by atoms with Crippen molar-refractivity contribution in [2.45, 2.75) is 83.7 Å². The second-order valence-electron chi connectivity index (χ2n) is 16.8. The minimum atomic E-state index is -4.31. The summed E-state index contributed by atoms with van der Waals surface area (Å²) in [5, 5.41) is 23.7. The van der Waals surface area contributed by atoms with E-state index in [1.54, 1.807) is 66.3 Å². The van der Waals surface area contributed by atoms with Crippen molar-refractivity contribution in [3.05, 3.63) is 117 Å². The zero-order valence-electron chi connectivity index (χ0n) is 36.8. The SMILES string of the molecule is Cc1cc(-c2cnc3c(NCCC(F)(F)F)cc(Br)nn23)ccc1C(=O)NC1CC1.Cc1cc(Nc2cc(NCCC(F)(F)F)c3ncc(-c4ccc(C(=O)NC5CC5)c(C)c4)n3n2)ccc1F. The molecule has 2 saturated carbocycles. The smallest absolute Gasteiger partial charge is 0.382 e. The first-order valence-electron chi connectivity index (χ1n) is 21.7. The van der Waals surface area contributed by atoms with Crippen LogP contribution >= 0.6 is 15.9 Å². The molecule has 0 unspecified atom stereocenters. The molecule has 3 aromatic carbocycles. The number of aryl methyl sites for hydroxylation is 3. The quantitative estimate of drug-likeness (QED) is 0.0670. The minimum absolute atomic E-state index is 0.0864. The number of hydrogen-bond donors (Lipinski definition) is 5. The molecular formula is C47H45BrF7N11O2. The van der Waals surface area contributed by atoms with Crippen molar-refractivity contribution in [3.63, 3.8) is 0 Å². The fraction of sp³-hybridized carbons (Fsp3) is 0.319. The van der Waals surface area contributed by atoms with Crippen LogP contribution < -0.4 is 26.6 Å². The van der Waals surface area contributed by atoms with E-state index < -0.39 is 25.2 Å². The fourth-order valence-electron chi connectivity index (χ4n) is 7.31. The Balaban J connectivity index is 0.000000189. The summed E-state index contributed by atoms with van der Waals surface area (Å²) in [6.45, 7) is 4.73. The molecule has 21 heteroatoms. The first-order valence-corrected chi connectivity index (χ1v) is 22.5. The molecule has 13 nitrogen and oxygen atoms in total. The highest BCUT2D eigenvalue weighted by Gasteiger charge is 2.29. The topological polar surface area (TPSA) is 155 Å². The van der Waals surface area contributed by atoms with Crippen molar-refractivity contribution in [1.29, 1.82) is 0 Å². The predicted octanol–water partition coefficient (Wildman–Crippen LogP) is 10.9. The van der Waals surface area contributed by atoms with Crippen LogP contribution in [0.1, 0.15) is 75.9 Å². The van der Waals surface area contributed by atoms with Gasteiger partial charge in [-0.15, -0.1) is 5.10 Å². The molecule has 2 aliphatic rings. The van der Waals surface area contributed by atoms with Crippen molar-refractivity contribution < 1.29 is 40.3 Å². The van der Waals surface area contributed by atoms with Gasteiger partial charge in [0.1, 0.15) is 10.4 Å². The van der Waals surface area contributed by atoms with E-state index in [1.165, 1.54) is 10.6 Å². The van der Waals surface area contributed by atoms with E-state index in [0.717, 1.165) is 47.9 Å². The maximum absolute atomic E-state index is 13.7. The number of imidazole rings is 2. The van der Waals surface area contributed by atoms with Gasteiger partial charge in [0.25, 0.3) is 11.8 Å². The van der Waals surface area contributed by atoms with Gasteiger partial charge in [-0.3, -0.25) is 9.59 Å². The standard InChI is InChI=1S/C27H26F4N6O.C20H19BrF3N5O/c1-15-11-17(3-7-20(15)26(38)35-18-4-5-18)23-14-33-25-22(32-10-9-27(29,30)31)13-24(36-37(23)25)34-19-6-8-21(28)16(2)12-19;1-11-8-12(2-5-14(11)19(30)27-13-3-4-13)16-10-26-18-15(9-17(21)28-29(16)18)25-7-6-20(22,23)24/h3,6-8,11-14,18,32H,4-5,9-10H2,1-2H3,(H,34,36)(H,35,38);2,5,8-10,13,25H,3-4,6-7H2,1H3,(H,27,30). The number of alkyl halides is 6. The lowest BCUT2D eigenvalue weighted by Crippen LogP contribution is -2.26. The van der Waals surface area contributed by atoms with Crippen molar-refractivity contribution in [1.82, 2.24) is 39.8 Å². The lowest BCUT2D eigenvalue weighted by Gasteiger charge is -2.14. The number of hydrogen-bond acceptors (Lipinski definition) is 9. The van der Waals surface area contributed by atoms with Crippen LogP contribution in [0, 0.1) is 26.6 Å². The molecule has 4 heterocycles. The third-order valence-corrected chi connectivity index (χ3v) is 11.5. The number of carbonyl (C=O) groups is 2. The molecule has 0 radical (unpaired) electrons. The molecule has 0 bridgehead atoms. The number of fused-ring (bicyclic) bond motifs is 2. The average molecular weight is 1010 g/mol. The van der Waals surface area contributed by atoms with Crippen molar-refractivity contribution in [2.75, 3.05) is 29.0 Å². The minimum Gasteiger partial charge on any atom is -0.382 e. The number of halogens is 8. The lowest BCUT2D eigenvalue weighted by molar-refractivity contribution is -0.132. The number of nitrogens with zero attached hydrogens (tertiary/aromatic N) is 6. The number of nitrogens with one attached hydrogen (secondary N) is 5. The summed E-state index contributed by atoms with van der Waals surface area (Å²) >= 11 is 3.31. The van der Waals surface area contributed by atoms with Gasteiger partial charge < -0.3 is 26.6 Å². The van der Waals surface area contributed by atoms with Crippen LogP contribution in [0.5, 0.6) is 0 Å². The van der Waals surface area contributed by atoms with E-state index in [0.29, 0.717) is 66.9 Å². The van der Waals surface area contributed by atoms with Gasteiger partial charge in [0.2, 0.25) is 0 Å². The van der Waals surface area contributed by atoms with Crippen molar-refractivity contribution in [2.24, 2.45) is 0 Å². The number of carbonyl (C=O) groups excluding carboxylic acids is 2. The highest BCUT2D eigenvalue weighted by atomic mass is 79.9. The van der Waals surface area contributed by atoms with E-state index in [1.807, 2.05) is 32.0 Å². The van der Waals surface area contributed by atoms with Gasteiger partial charge in [-0.2, -0.15) is 31.4 Å². The second-order valence-corrected chi connectivity index (χ2v) is 17.6. The summed E-state index contributed by atoms with van der Waals surface area (Å²) < 4.78 is 93.1. The first kappa shape index (κ1) is 47.7. The molecule has 0 atom stereocenters. The third-order valence-electron chi connectivity index (χ3n) is 11.1. The zero-order chi connectivity index (χ0) is 48.5. The summed E-state index contributed by atoms with van der Waals surface area (Å²) in [4.78, 5) is 33.7. The van der Waals surface area contributed by atoms with Crippen molar-refractivity contribution in [3.8, 4) is 22.5 Å². The van der Waals surface area contributed by atoms with Crippen LogP contribution in [0.3, 0.4) is 0 Å². The van der Waals surface area contributed by atoms with Gasteiger partial charge in [0.15, 0.2) is 17.1 Å². The normalized spacial score (nSPS) is 13.8. The van der Waals surface area contributed by atoms with Gasteiger partial charge in [0.05, 0.1) is 48.0 Å². The van der Waals surface area contributed by atoms with Crippen LogP contribution in [0.4, 0.5) is 53.6 Å². The van der Waals surface area contributed by atoms with E-state index in [-0.39, 0.29) is 42.8 Å². The van der Waals surface area contributed by atoms with Crippen LogP contribution in [0.2, 0.25) is 0 Å². The van der Waals surface area contributed by atoms with E-state index in [2.05, 4.69) is 62.7 Å². The Morgan fingerprint density at radius 2 is 1.13 bits per heavy atom. The number of amides is 2. The van der Waals surface area contributed by atoms with Gasteiger partial charge >= 0.3 is 12.4 Å². The molecule has 2 fully saturated rings. The highest BCUT2D eigenvalue weighted by Crippen LogP contribution is 2.32. The molecule has 2 amide bonds. The number of aromatic nitrogens is 6. The maximum Gasteiger partial charge on any atom is 0.390 e. The predicted molar refractivity (Wildman–Crippen MR) is 248 cm³/mol. The maximum atomic E-state index is 13.7. The molecule has 0 spiro atoms. The molecule has 9 rings (SSSR count). The Morgan fingerprint density at radius 1 is 0.647 bits per heavy atom. The Labute approximate surface area is 393 Å². The molecule has 0 saturated heterocycles. The Morgan fingerprint density at radius 3 is 1.59 bits per heavy atom.